The number of piperidine rings is 1. The van der Waals surface area contributed by atoms with E-state index in [9.17, 15) is 13.2 Å². The molecular weight excluding hydrogens is 366 g/mol. The first-order valence-corrected chi connectivity index (χ1v) is 10.3. The Morgan fingerprint density at radius 2 is 1.78 bits per heavy atom. The number of carbonyl (C=O) groups excluding carboxylic acids is 1. The molecule has 144 valence electrons. The summed E-state index contributed by atoms with van der Waals surface area (Å²) in [5.41, 5.74) is 0.740. The Morgan fingerprint density at radius 1 is 1.07 bits per heavy atom. The maximum atomic E-state index is 12.7. The van der Waals surface area contributed by atoms with Crippen molar-refractivity contribution in [3.8, 4) is 5.75 Å². The molecule has 0 radical (unpaired) electrons. The number of carbonyl (C=O) groups is 1. The molecule has 8 heteroatoms. The van der Waals surface area contributed by atoms with Crippen molar-refractivity contribution >= 4 is 27.3 Å². The molecule has 1 saturated heterocycles. The number of para-hydroxylation sites is 2. The van der Waals surface area contributed by atoms with Crippen molar-refractivity contribution in [2.45, 2.75) is 30.2 Å². The van der Waals surface area contributed by atoms with Crippen molar-refractivity contribution in [3.63, 3.8) is 0 Å². The lowest BCUT2D eigenvalue weighted by Crippen LogP contribution is -2.43. The van der Waals surface area contributed by atoms with Crippen LogP contribution in [0.4, 0.5) is 11.4 Å². The summed E-state index contributed by atoms with van der Waals surface area (Å²) < 4.78 is 32.9. The molecule has 1 fully saturated rings. The highest BCUT2D eigenvalue weighted by molar-refractivity contribution is 7.92. The van der Waals surface area contributed by atoms with Crippen LogP contribution in [0, 0.1) is 0 Å². The summed E-state index contributed by atoms with van der Waals surface area (Å²) in [6.45, 7) is 0.809. The quantitative estimate of drug-likeness (QED) is 0.706. The minimum atomic E-state index is -3.79. The zero-order valence-corrected chi connectivity index (χ0v) is 15.9. The third-order valence-corrected chi connectivity index (χ3v) is 5.81. The van der Waals surface area contributed by atoms with E-state index in [1.165, 1.54) is 19.2 Å². The van der Waals surface area contributed by atoms with Gasteiger partial charge in [0.15, 0.2) is 0 Å². The van der Waals surface area contributed by atoms with E-state index < -0.39 is 10.0 Å². The van der Waals surface area contributed by atoms with Gasteiger partial charge in [0.2, 0.25) is 5.91 Å². The Morgan fingerprint density at radius 3 is 2.41 bits per heavy atom. The summed E-state index contributed by atoms with van der Waals surface area (Å²) in [6.07, 6.45) is 2.82. The minimum Gasteiger partial charge on any atom is -0.497 e. The number of hydrogen-bond donors (Lipinski definition) is 3. The molecule has 0 spiro atoms. The topological polar surface area (TPSA) is 96.5 Å². The van der Waals surface area contributed by atoms with Gasteiger partial charge in [-0.05, 0) is 55.8 Å². The van der Waals surface area contributed by atoms with Crippen molar-refractivity contribution < 1.29 is 17.9 Å². The normalized spacial score (nSPS) is 17.1. The number of rotatable bonds is 6. The fourth-order valence-corrected chi connectivity index (χ4v) is 4.01. The Labute approximate surface area is 159 Å². The van der Waals surface area contributed by atoms with Crippen molar-refractivity contribution in [3.05, 3.63) is 48.5 Å². The van der Waals surface area contributed by atoms with Crippen LogP contribution in [-0.4, -0.2) is 34.0 Å². The molecule has 2 aromatic carbocycles. The number of anilines is 2. The van der Waals surface area contributed by atoms with Crippen molar-refractivity contribution in [2.24, 2.45) is 0 Å². The second-order valence-corrected chi connectivity index (χ2v) is 8.00. The summed E-state index contributed by atoms with van der Waals surface area (Å²) in [5, 5.41) is 6.01. The van der Waals surface area contributed by atoms with Gasteiger partial charge in [0.25, 0.3) is 10.0 Å². The van der Waals surface area contributed by atoms with Gasteiger partial charge in [0.1, 0.15) is 5.75 Å². The highest BCUT2D eigenvalue weighted by Gasteiger charge is 2.22. The summed E-state index contributed by atoms with van der Waals surface area (Å²) in [4.78, 5) is 12.6. The molecule has 2 aromatic rings. The fraction of sp³-hybridized carbons (Fsp3) is 0.316. The molecule has 1 aliphatic rings. The zero-order valence-electron chi connectivity index (χ0n) is 15.1. The molecule has 0 saturated carbocycles. The minimum absolute atomic E-state index is 0.110. The van der Waals surface area contributed by atoms with Crippen molar-refractivity contribution in [1.82, 2.24) is 5.32 Å². The highest BCUT2D eigenvalue weighted by atomic mass is 32.2. The lowest BCUT2D eigenvalue weighted by molar-refractivity contribution is -0.118. The average molecular weight is 389 g/mol. The van der Waals surface area contributed by atoms with Crippen LogP contribution in [0.25, 0.3) is 0 Å². The Balaban J connectivity index is 1.77. The first-order valence-electron chi connectivity index (χ1n) is 8.80. The first kappa shape index (κ1) is 19.2. The fourth-order valence-electron chi connectivity index (χ4n) is 2.94. The molecule has 1 unspecified atom stereocenters. The number of sulfonamides is 1. The third kappa shape index (κ3) is 4.78. The predicted molar refractivity (Wildman–Crippen MR) is 105 cm³/mol. The molecule has 1 aliphatic heterocycles. The van der Waals surface area contributed by atoms with E-state index in [0.29, 0.717) is 17.1 Å². The first-order chi connectivity index (χ1) is 13.0. The zero-order chi connectivity index (χ0) is 19.3. The molecule has 27 heavy (non-hydrogen) atoms. The van der Waals surface area contributed by atoms with Gasteiger partial charge < -0.3 is 15.4 Å². The van der Waals surface area contributed by atoms with E-state index in [1.807, 2.05) is 0 Å². The van der Waals surface area contributed by atoms with E-state index in [0.717, 1.165) is 25.8 Å². The summed E-state index contributed by atoms with van der Waals surface area (Å²) in [7, 11) is -2.28. The van der Waals surface area contributed by atoms with Crippen LogP contribution < -0.4 is 20.1 Å². The van der Waals surface area contributed by atoms with Gasteiger partial charge in [-0.2, -0.15) is 0 Å². The summed E-state index contributed by atoms with van der Waals surface area (Å²) in [5.74, 6) is 0.410. The van der Waals surface area contributed by atoms with Crippen LogP contribution in [0.3, 0.4) is 0 Å². The number of ether oxygens (including phenoxy) is 1. The second kappa shape index (κ2) is 8.41. The molecule has 3 rings (SSSR count). The molecule has 0 aliphatic carbocycles. The summed E-state index contributed by atoms with van der Waals surface area (Å²) in [6, 6.07) is 12.6. The highest BCUT2D eigenvalue weighted by Crippen LogP contribution is 2.25. The van der Waals surface area contributed by atoms with E-state index in [4.69, 9.17) is 4.74 Å². The van der Waals surface area contributed by atoms with E-state index in [-0.39, 0.29) is 16.8 Å². The van der Waals surface area contributed by atoms with Gasteiger partial charge in [0, 0.05) is 0 Å². The van der Waals surface area contributed by atoms with Gasteiger partial charge >= 0.3 is 0 Å². The summed E-state index contributed by atoms with van der Waals surface area (Å²) >= 11 is 0. The molecular formula is C19H23N3O4S. The van der Waals surface area contributed by atoms with Crippen LogP contribution in [-0.2, 0) is 14.8 Å². The maximum Gasteiger partial charge on any atom is 0.261 e. The molecule has 1 atom stereocenters. The monoisotopic (exact) mass is 389 g/mol. The Hall–Kier alpha value is -2.58. The number of methoxy groups -OCH3 is 1. The Kier molecular flexibility index (Phi) is 5.98. The van der Waals surface area contributed by atoms with Crippen LogP contribution in [0.15, 0.2) is 53.4 Å². The van der Waals surface area contributed by atoms with E-state index in [1.54, 1.807) is 36.4 Å². The van der Waals surface area contributed by atoms with Crippen molar-refractivity contribution in [2.75, 3.05) is 23.7 Å². The van der Waals surface area contributed by atoms with Crippen LogP contribution >= 0.6 is 0 Å². The van der Waals surface area contributed by atoms with Crippen LogP contribution in [0.5, 0.6) is 5.75 Å². The maximum absolute atomic E-state index is 12.7. The molecule has 1 heterocycles. The lowest BCUT2D eigenvalue weighted by atomic mass is 10.0. The molecule has 0 bridgehead atoms. The van der Waals surface area contributed by atoms with E-state index in [2.05, 4.69) is 15.4 Å². The standard InChI is InChI=1S/C19H23N3O4S/c1-26-14-9-11-15(12-10-14)27(24,25)22-17-7-3-2-6-16(17)21-19(23)18-8-4-5-13-20-18/h2-3,6-7,9-12,18,20,22H,4-5,8,13H2,1H3,(H,21,23). The van der Waals surface area contributed by atoms with E-state index >= 15 is 0 Å². The molecule has 0 aromatic heterocycles. The van der Waals surface area contributed by atoms with Gasteiger partial charge in [0.05, 0.1) is 29.4 Å². The second-order valence-electron chi connectivity index (χ2n) is 6.32. The third-order valence-electron chi connectivity index (χ3n) is 4.43. The van der Waals surface area contributed by atoms with Gasteiger partial charge in [-0.3, -0.25) is 9.52 Å². The number of amides is 1. The van der Waals surface area contributed by atoms with Gasteiger partial charge in [-0.15, -0.1) is 0 Å². The molecule has 7 nitrogen and oxygen atoms in total. The Bertz CT molecular complexity index is 891. The number of hydrogen-bond acceptors (Lipinski definition) is 5. The van der Waals surface area contributed by atoms with Crippen LogP contribution in [0.2, 0.25) is 0 Å². The lowest BCUT2D eigenvalue weighted by Gasteiger charge is -2.23. The smallest absolute Gasteiger partial charge is 0.261 e. The number of nitrogens with one attached hydrogen (secondary N) is 3. The molecule has 3 N–H and O–H groups in total. The largest absolute Gasteiger partial charge is 0.497 e. The molecule has 1 amide bonds. The van der Waals surface area contributed by atoms with Crippen molar-refractivity contribution in [1.29, 1.82) is 0 Å². The predicted octanol–water partition coefficient (Wildman–Crippen LogP) is 2.58. The average Bonchev–Trinajstić information content (AvgIpc) is 2.70. The SMILES string of the molecule is COc1ccc(S(=O)(=O)Nc2ccccc2NC(=O)C2CCCCN2)cc1. The van der Waals surface area contributed by atoms with Gasteiger partial charge in [-0.25, -0.2) is 8.42 Å². The number of benzene rings is 2. The van der Waals surface area contributed by atoms with Crippen LogP contribution in [0.1, 0.15) is 19.3 Å². The van der Waals surface area contributed by atoms with Gasteiger partial charge in [-0.1, -0.05) is 18.6 Å².